The molecule has 0 aliphatic rings. The highest BCUT2D eigenvalue weighted by atomic mass is 32.2. The molecule has 6 heteroatoms. The van der Waals surface area contributed by atoms with E-state index in [1.165, 1.54) is 12.1 Å². The second-order valence-electron chi connectivity index (χ2n) is 4.55. The minimum Gasteiger partial charge on any atom is -0.301 e. The molecule has 0 aliphatic heterocycles. The fourth-order valence-corrected chi connectivity index (χ4v) is 2.61. The van der Waals surface area contributed by atoms with Gasteiger partial charge in [0.25, 0.3) is 0 Å². The van der Waals surface area contributed by atoms with Crippen molar-refractivity contribution in [3.63, 3.8) is 0 Å². The van der Waals surface area contributed by atoms with Gasteiger partial charge in [0.05, 0.1) is 11.1 Å². The summed E-state index contributed by atoms with van der Waals surface area (Å²) in [6, 6.07) is 5.37. The largest absolute Gasteiger partial charge is 0.417 e. The summed E-state index contributed by atoms with van der Waals surface area (Å²) in [6.45, 7) is 5.61. The molecule has 1 rings (SSSR count). The van der Waals surface area contributed by atoms with Crippen LogP contribution in [0.15, 0.2) is 29.2 Å². The first-order valence-corrected chi connectivity index (χ1v) is 6.58. The standard InChI is InChI=1S/C13H16F3NOS/c1-4-17(12(2,3)9-18)19-11-8-6-5-7-10(11)13(14,15)16/h5-9H,4H2,1-3H3. The smallest absolute Gasteiger partial charge is 0.301 e. The van der Waals surface area contributed by atoms with Crippen molar-refractivity contribution in [3.05, 3.63) is 29.8 Å². The zero-order chi connectivity index (χ0) is 14.7. The van der Waals surface area contributed by atoms with Gasteiger partial charge in [-0.25, -0.2) is 4.31 Å². The Morgan fingerprint density at radius 1 is 1.26 bits per heavy atom. The third-order valence-electron chi connectivity index (χ3n) is 2.62. The van der Waals surface area contributed by atoms with Crippen molar-refractivity contribution in [2.45, 2.75) is 37.4 Å². The normalized spacial score (nSPS) is 12.8. The molecule has 0 aromatic heterocycles. The van der Waals surface area contributed by atoms with Crippen LogP contribution < -0.4 is 0 Å². The second kappa shape index (κ2) is 5.96. The lowest BCUT2D eigenvalue weighted by Crippen LogP contribution is -2.40. The first kappa shape index (κ1) is 16.0. The highest BCUT2D eigenvalue weighted by Gasteiger charge is 2.35. The molecule has 1 aromatic rings. The second-order valence-corrected chi connectivity index (χ2v) is 5.61. The Hall–Kier alpha value is -1.01. The molecule has 0 radical (unpaired) electrons. The molecule has 1 aromatic carbocycles. The van der Waals surface area contributed by atoms with Crippen LogP contribution in [0.3, 0.4) is 0 Å². The Morgan fingerprint density at radius 2 is 1.84 bits per heavy atom. The maximum absolute atomic E-state index is 12.9. The summed E-state index contributed by atoms with van der Waals surface area (Å²) in [4.78, 5) is 11.1. The van der Waals surface area contributed by atoms with Crippen molar-refractivity contribution in [1.82, 2.24) is 4.31 Å². The number of benzene rings is 1. The molecular weight excluding hydrogens is 275 g/mol. The Labute approximate surface area is 115 Å². The number of hydrogen-bond acceptors (Lipinski definition) is 3. The van der Waals surface area contributed by atoms with Crippen LogP contribution in [-0.4, -0.2) is 22.7 Å². The molecule has 0 fully saturated rings. The summed E-state index contributed by atoms with van der Waals surface area (Å²) in [7, 11) is 0. The summed E-state index contributed by atoms with van der Waals surface area (Å²) in [5.74, 6) is 0. The molecule has 19 heavy (non-hydrogen) atoms. The summed E-state index contributed by atoms with van der Waals surface area (Å²) in [6.07, 6.45) is -3.66. The van der Waals surface area contributed by atoms with Gasteiger partial charge in [-0.1, -0.05) is 19.1 Å². The Morgan fingerprint density at radius 3 is 2.32 bits per heavy atom. The summed E-state index contributed by atoms with van der Waals surface area (Å²) < 4.78 is 40.3. The van der Waals surface area contributed by atoms with Gasteiger partial charge in [0, 0.05) is 11.4 Å². The highest BCUT2D eigenvalue weighted by molar-refractivity contribution is 7.97. The van der Waals surface area contributed by atoms with E-state index in [9.17, 15) is 18.0 Å². The zero-order valence-electron chi connectivity index (χ0n) is 11.0. The van der Waals surface area contributed by atoms with E-state index < -0.39 is 17.3 Å². The predicted molar refractivity (Wildman–Crippen MR) is 69.8 cm³/mol. The molecular formula is C13H16F3NOS. The molecule has 0 saturated heterocycles. The fourth-order valence-electron chi connectivity index (χ4n) is 1.55. The lowest BCUT2D eigenvalue weighted by molar-refractivity contribution is -0.139. The van der Waals surface area contributed by atoms with Crippen LogP contribution in [0, 0.1) is 0 Å². The monoisotopic (exact) mass is 291 g/mol. The SMILES string of the molecule is CCN(Sc1ccccc1C(F)(F)F)C(C)(C)C=O. The van der Waals surface area contributed by atoms with Crippen LogP contribution in [0.5, 0.6) is 0 Å². The Kier molecular flexibility index (Phi) is 5.04. The topological polar surface area (TPSA) is 20.3 Å². The molecule has 0 heterocycles. The minimum absolute atomic E-state index is 0.103. The van der Waals surface area contributed by atoms with Gasteiger partial charge in [0.15, 0.2) is 0 Å². The van der Waals surface area contributed by atoms with Crippen molar-refractivity contribution in [2.24, 2.45) is 0 Å². The van der Waals surface area contributed by atoms with Gasteiger partial charge in [0.2, 0.25) is 0 Å². The maximum atomic E-state index is 12.9. The lowest BCUT2D eigenvalue weighted by Gasteiger charge is -2.32. The molecule has 0 amide bonds. The summed E-state index contributed by atoms with van der Waals surface area (Å²) >= 11 is 0.956. The number of carbonyl (C=O) groups is 1. The molecule has 0 saturated carbocycles. The quantitative estimate of drug-likeness (QED) is 0.604. The number of carbonyl (C=O) groups excluding carboxylic acids is 1. The summed E-state index contributed by atoms with van der Waals surface area (Å²) in [5.41, 5.74) is -1.50. The number of nitrogens with zero attached hydrogens (tertiary/aromatic N) is 1. The molecule has 0 atom stereocenters. The molecule has 106 valence electrons. The van der Waals surface area contributed by atoms with Gasteiger partial charge < -0.3 is 4.79 Å². The number of rotatable bonds is 5. The van der Waals surface area contributed by atoms with Gasteiger partial charge in [-0.05, 0) is 37.9 Å². The average molecular weight is 291 g/mol. The number of alkyl halides is 3. The van der Waals surface area contributed by atoms with Gasteiger partial charge in [0.1, 0.15) is 6.29 Å². The van der Waals surface area contributed by atoms with Gasteiger partial charge in [-0.15, -0.1) is 0 Å². The summed E-state index contributed by atoms with van der Waals surface area (Å²) in [5, 5.41) is 0. The van der Waals surface area contributed by atoms with Crippen LogP contribution in [-0.2, 0) is 11.0 Å². The molecule has 0 spiro atoms. The van der Waals surface area contributed by atoms with E-state index in [0.29, 0.717) is 6.54 Å². The van der Waals surface area contributed by atoms with Crippen LogP contribution in [0.4, 0.5) is 13.2 Å². The Balaban J connectivity index is 3.08. The van der Waals surface area contributed by atoms with Crippen molar-refractivity contribution in [3.8, 4) is 0 Å². The zero-order valence-corrected chi connectivity index (χ0v) is 11.8. The van der Waals surface area contributed by atoms with Gasteiger partial charge >= 0.3 is 6.18 Å². The molecule has 0 unspecified atom stereocenters. The van der Waals surface area contributed by atoms with E-state index in [1.54, 1.807) is 31.1 Å². The van der Waals surface area contributed by atoms with Gasteiger partial charge in [-0.3, -0.25) is 0 Å². The average Bonchev–Trinajstić information content (AvgIpc) is 2.35. The van der Waals surface area contributed by atoms with E-state index in [-0.39, 0.29) is 4.90 Å². The van der Waals surface area contributed by atoms with Crippen molar-refractivity contribution in [1.29, 1.82) is 0 Å². The van der Waals surface area contributed by atoms with Crippen LogP contribution >= 0.6 is 11.9 Å². The van der Waals surface area contributed by atoms with Crippen molar-refractivity contribution >= 4 is 18.2 Å². The van der Waals surface area contributed by atoms with E-state index in [2.05, 4.69) is 0 Å². The maximum Gasteiger partial charge on any atom is 0.417 e. The number of likely N-dealkylation sites (N-methyl/N-ethyl adjacent to an activating group) is 1. The number of halogens is 3. The molecule has 2 nitrogen and oxygen atoms in total. The lowest BCUT2D eigenvalue weighted by atomic mass is 10.1. The van der Waals surface area contributed by atoms with Crippen molar-refractivity contribution in [2.75, 3.05) is 6.54 Å². The first-order valence-electron chi connectivity index (χ1n) is 5.80. The highest BCUT2D eigenvalue weighted by Crippen LogP contribution is 2.39. The van der Waals surface area contributed by atoms with Crippen LogP contribution in [0.2, 0.25) is 0 Å². The number of aldehydes is 1. The third-order valence-corrected chi connectivity index (χ3v) is 4.12. The third kappa shape index (κ3) is 3.98. The van der Waals surface area contributed by atoms with Crippen LogP contribution in [0.1, 0.15) is 26.3 Å². The van der Waals surface area contributed by atoms with Crippen LogP contribution in [0.25, 0.3) is 0 Å². The van der Waals surface area contributed by atoms with Crippen molar-refractivity contribution < 1.29 is 18.0 Å². The first-order chi connectivity index (χ1) is 8.72. The van der Waals surface area contributed by atoms with E-state index in [0.717, 1.165) is 24.3 Å². The predicted octanol–water partition coefficient (Wildman–Crippen LogP) is 4.01. The van der Waals surface area contributed by atoms with E-state index >= 15 is 0 Å². The molecule has 0 bridgehead atoms. The van der Waals surface area contributed by atoms with Gasteiger partial charge in [-0.2, -0.15) is 13.2 Å². The Bertz CT molecular complexity index is 446. The molecule has 0 N–H and O–H groups in total. The molecule has 0 aliphatic carbocycles. The fraction of sp³-hybridized carbons (Fsp3) is 0.462. The minimum atomic E-state index is -4.39. The van der Waals surface area contributed by atoms with E-state index in [4.69, 9.17) is 0 Å². The number of hydrogen-bond donors (Lipinski definition) is 0. The van der Waals surface area contributed by atoms with E-state index in [1.807, 2.05) is 0 Å².